The molecule has 0 aromatic carbocycles. The molecule has 15 heavy (non-hydrogen) atoms. The largest absolute Gasteiger partial charge is 0.440 e. The van der Waals surface area contributed by atoms with Gasteiger partial charge in [0.2, 0.25) is 0 Å². The first-order valence-electron chi connectivity index (χ1n) is 4.68. The van der Waals surface area contributed by atoms with Gasteiger partial charge in [-0.1, -0.05) is 13.3 Å². The van der Waals surface area contributed by atoms with Crippen molar-refractivity contribution in [2.45, 2.75) is 45.3 Å². The highest BCUT2D eigenvalue weighted by atomic mass is 19.4. The van der Waals surface area contributed by atoms with Gasteiger partial charge in [-0.15, -0.1) is 0 Å². The molecular weight excluding hydrogens is 211 g/mol. The van der Waals surface area contributed by atoms with E-state index in [-0.39, 0.29) is 0 Å². The Morgan fingerprint density at radius 2 is 1.87 bits per heavy atom. The van der Waals surface area contributed by atoms with Crippen LogP contribution in [-0.4, -0.2) is 24.4 Å². The minimum absolute atomic E-state index is 0.544. The van der Waals surface area contributed by atoms with Crippen LogP contribution in [0.3, 0.4) is 0 Å². The number of ether oxygens (including phenoxy) is 1. The van der Waals surface area contributed by atoms with Gasteiger partial charge in [0.15, 0.2) is 6.61 Å². The molecular formula is C9H16F3NO2. The van der Waals surface area contributed by atoms with Crippen LogP contribution in [0.5, 0.6) is 0 Å². The van der Waals surface area contributed by atoms with Gasteiger partial charge >= 0.3 is 12.3 Å². The van der Waals surface area contributed by atoms with Crippen molar-refractivity contribution >= 4 is 6.09 Å². The molecule has 0 rings (SSSR count). The molecule has 0 heterocycles. The van der Waals surface area contributed by atoms with E-state index in [2.05, 4.69) is 10.1 Å². The van der Waals surface area contributed by atoms with Gasteiger partial charge in [0.1, 0.15) is 0 Å². The third-order valence-electron chi connectivity index (χ3n) is 1.68. The molecule has 0 atom stereocenters. The van der Waals surface area contributed by atoms with Crippen molar-refractivity contribution < 1.29 is 22.7 Å². The van der Waals surface area contributed by atoms with E-state index in [9.17, 15) is 18.0 Å². The number of alkyl carbamates (subject to hydrolysis) is 1. The van der Waals surface area contributed by atoms with Gasteiger partial charge in [-0.05, 0) is 20.3 Å². The van der Waals surface area contributed by atoms with Crippen molar-refractivity contribution in [1.82, 2.24) is 5.32 Å². The molecule has 0 aromatic rings. The van der Waals surface area contributed by atoms with Gasteiger partial charge < -0.3 is 10.1 Å². The molecule has 0 aliphatic heterocycles. The van der Waals surface area contributed by atoms with Crippen molar-refractivity contribution in [3.8, 4) is 0 Å². The predicted octanol–water partition coefficient (Wildman–Crippen LogP) is 2.85. The molecule has 0 fully saturated rings. The molecule has 0 saturated carbocycles. The van der Waals surface area contributed by atoms with Crippen molar-refractivity contribution in [2.75, 3.05) is 6.61 Å². The van der Waals surface area contributed by atoms with E-state index in [1.165, 1.54) is 0 Å². The first-order chi connectivity index (χ1) is 6.66. The summed E-state index contributed by atoms with van der Waals surface area (Å²) < 4.78 is 39.1. The van der Waals surface area contributed by atoms with Crippen molar-refractivity contribution in [2.24, 2.45) is 0 Å². The molecule has 0 bridgehead atoms. The maximum absolute atomic E-state index is 11.7. The second-order valence-electron chi connectivity index (χ2n) is 3.95. The summed E-state index contributed by atoms with van der Waals surface area (Å²) in [6, 6.07) is 0. The molecule has 6 heteroatoms. The van der Waals surface area contributed by atoms with Gasteiger partial charge in [-0.2, -0.15) is 13.2 Å². The third kappa shape index (κ3) is 8.08. The summed E-state index contributed by atoms with van der Waals surface area (Å²) in [4.78, 5) is 10.9. The van der Waals surface area contributed by atoms with E-state index in [0.717, 1.165) is 6.42 Å². The van der Waals surface area contributed by atoms with Crippen molar-refractivity contribution in [3.05, 3.63) is 0 Å². The van der Waals surface area contributed by atoms with Crippen LogP contribution in [0.15, 0.2) is 0 Å². The van der Waals surface area contributed by atoms with Crippen LogP contribution < -0.4 is 5.32 Å². The zero-order valence-electron chi connectivity index (χ0n) is 9.07. The van der Waals surface area contributed by atoms with E-state index in [1.54, 1.807) is 13.8 Å². The molecule has 0 aromatic heterocycles. The highest BCUT2D eigenvalue weighted by Gasteiger charge is 2.30. The van der Waals surface area contributed by atoms with Crippen molar-refractivity contribution in [3.63, 3.8) is 0 Å². The Balaban J connectivity index is 3.93. The summed E-state index contributed by atoms with van der Waals surface area (Å²) in [6.07, 6.45) is -4.02. The number of nitrogens with one attached hydrogen (secondary N) is 1. The Morgan fingerprint density at radius 3 is 2.27 bits per heavy atom. The van der Waals surface area contributed by atoms with E-state index >= 15 is 0 Å². The third-order valence-corrected chi connectivity index (χ3v) is 1.68. The smallest absolute Gasteiger partial charge is 0.422 e. The van der Waals surface area contributed by atoms with E-state index < -0.39 is 24.4 Å². The topological polar surface area (TPSA) is 38.3 Å². The summed E-state index contributed by atoms with van der Waals surface area (Å²) in [5, 5.41) is 2.37. The van der Waals surface area contributed by atoms with Gasteiger partial charge in [0, 0.05) is 5.54 Å². The van der Waals surface area contributed by atoms with Gasteiger partial charge in [0.25, 0.3) is 0 Å². The molecule has 3 nitrogen and oxygen atoms in total. The van der Waals surface area contributed by atoms with E-state index in [1.807, 2.05) is 6.92 Å². The zero-order chi connectivity index (χ0) is 12.1. The molecule has 90 valence electrons. The van der Waals surface area contributed by atoms with Crippen LogP contribution >= 0.6 is 0 Å². The molecule has 0 aliphatic rings. The number of alkyl halides is 3. The number of hydrogen-bond acceptors (Lipinski definition) is 2. The molecule has 0 spiro atoms. The molecule has 0 unspecified atom stereocenters. The minimum atomic E-state index is -4.48. The maximum atomic E-state index is 11.7. The average molecular weight is 227 g/mol. The van der Waals surface area contributed by atoms with Crippen LogP contribution in [0.25, 0.3) is 0 Å². The first-order valence-corrected chi connectivity index (χ1v) is 4.68. The number of carbonyl (C=O) groups is 1. The maximum Gasteiger partial charge on any atom is 0.422 e. The molecule has 0 saturated heterocycles. The van der Waals surface area contributed by atoms with Crippen LogP contribution in [0, 0.1) is 0 Å². The minimum Gasteiger partial charge on any atom is -0.440 e. The number of hydrogen-bond donors (Lipinski definition) is 1. The summed E-state index contributed by atoms with van der Waals surface area (Å²) >= 11 is 0. The Labute approximate surface area is 87.0 Å². The highest BCUT2D eigenvalue weighted by molar-refractivity contribution is 5.68. The molecule has 0 radical (unpaired) electrons. The Hall–Kier alpha value is -0.940. The monoisotopic (exact) mass is 227 g/mol. The fraction of sp³-hybridized carbons (Fsp3) is 0.889. The van der Waals surface area contributed by atoms with E-state index in [4.69, 9.17) is 0 Å². The Bertz CT molecular complexity index is 214. The first kappa shape index (κ1) is 14.1. The second kappa shape index (κ2) is 5.23. The van der Waals surface area contributed by atoms with Crippen molar-refractivity contribution in [1.29, 1.82) is 0 Å². The number of halogens is 3. The Morgan fingerprint density at radius 1 is 1.33 bits per heavy atom. The summed E-state index contributed by atoms with van der Waals surface area (Å²) in [5.41, 5.74) is -0.544. The summed E-state index contributed by atoms with van der Waals surface area (Å²) in [6.45, 7) is 3.82. The fourth-order valence-electron chi connectivity index (χ4n) is 1.15. The van der Waals surface area contributed by atoms with Crippen LogP contribution in [0.2, 0.25) is 0 Å². The molecule has 1 amide bonds. The lowest BCUT2D eigenvalue weighted by molar-refractivity contribution is -0.160. The number of rotatable bonds is 4. The number of amides is 1. The molecule has 1 N–H and O–H groups in total. The lowest BCUT2D eigenvalue weighted by atomic mass is 9.99. The fourth-order valence-corrected chi connectivity index (χ4v) is 1.15. The van der Waals surface area contributed by atoms with Crippen LogP contribution in [0.4, 0.5) is 18.0 Å². The second-order valence-corrected chi connectivity index (χ2v) is 3.95. The Kier molecular flexibility index (Phi) is 4.90. The SMILES string of the molecule is CCCC(C)(C)NC(=O)OCC(F)(F)F. The average Bonchev–Trinajstić information content (AvgIpc) is 1.98. The normalized spacial score (nSPS) is 12.4. The highest BCUT2D eigenvalue weighted by Crippen LogP contribution is 2.15. The summed E-state index contributed by atoms with van der Waals surface area (Å²) in [5.74, 6) is 0. The van der Waals surface area contributed by atoms with Gasteiger partial charge in [-0.25, -0.2) is 4.79 Å². The quantitative estimate of drug-likeness (QED) is 0.802. The van der Waals surface area contributed by atoms with Crippen LogP contribution in [0.1, 0.15) is 33.6 Å². The van der Waals surface area contributed by atoms with E-state index in [0.29, 0.717) is 6.42 Å². The lowest BCUT2D eigenvalue weighted by Gasteiger charge is -2.25. The number of carbonyl (C=O) groups excluding carboxylic acids is 1. The standard InChI is InChI=1S/C9H16F3NO2/c1-4-5-8(2,3)13-7(14)15-6-9(10,11)12/h4-6H2,1-3H3,(H,13,14). The van der Waals surface area contributed by atoms with Gasteiger partial charge in [-0.3, -0.25) is 0 Å². The van der Waals surface area contributed by atoms with Gasteiger partial charge in [0.05, 0.1) is 0 Å². The zero-order valence-corrected chi connectivity index (χ0v) is 9.07. The lowest BCUT2D eigenvalue weighted by Crippen LogP contribution is -2.44. The van der Waals surface area contributed by atoms with Crippen LogP contribution in [-0.2, 0) is 4.74 Å². The summed E-state index contributed by atoms with van der Waals surface area (Å²) in [7, 11) is 0. The molecule has 0 aliphatic carbocycles. The predicted molar refractivity (Wildman–Crippen MR) is 49.5 cm³/mol.